The Labute approximate surface area is 128 Å². The number of nitrogens with one attached hydrogen (secondary N) is 2. The van der Waals surface area contributed by atoms with Crippen molar-refractivity contribution >= 4 is 23.2 Å². The summed E-state index contributed by atoms with van der Waals surface area (Å²) in [5.41, 5.74) is 0.246. The minimum Gasteiger partial charge on any atom is -0.347 e. The Hall–Kier alpha value is -2.48. The van der Waals surface area contributed by atoms with E-state index in [-0.39, 0.29) is 5.69 Å². The Morgan fingerprint density at radius 3 is 2.23 bits per heavy atom. The smallest absolute Gasteiger partial charge is 0.313 e. The summed E-state index contributed by atoms with van der Waals surface area (Å²) < 4.78 is 0. The van der Waals surface area contributed by atoms with Gasteiger partial charge in [0.1, 0.15) is 0 Å². The molecule has 0 saturated heterocycles. The molecule has 0 aliphatic carbocycles. The van der Waals surface area contributed by atoms with E-state index in [0.29, 0.717) is 18.8 Å². The predicted octanol–water partition coefficient (Wildman–Crippen LogP) is 0.991. The second kappa shape index (κ2) is 8.73. The van der Waals surface area contributed by atoms with E-state index in [0.717, 1.165) is 13.1 Å². The van der Waals surface area contributed by atoms with Crippen LogP contribution in [-0.4, -0.2) is 47.8 Å². The van der Waals surface area contributed by atoms with Crippen LogP contribution in [0.1, 0.15) is 13.8 Å². The molecule has 0 heterocycles. The van der Waals surface area contributed by atoms with E-state index < -0.39 is 16.7 Å². The zero-order chi connectivity index (χ0) is 16.5. The topological polar surface area (TPSA) is 105 Å². The Morgan fingerprint density at radius 1 is 1.14 bits per heavy atom. The van der Waals surface area contributed by atoms with E-state index in [9.17, 15) is 19.7 Å². The van der Waals surface area contributed by atoms with Gasteiger partial charge >= 0.3 is 11.8 Å². The van der Waals surface area contributed by atoms with Crippen molar-refractivity contribution in [2.24, 2.45) is 0 Å². The first-order valence-electron chi connectivity index (χ1n) is 7.03. The molecule has 120 valence electrons. The average molecular weight is 308 g/mol. The highest BCUT2D eigenvalue weighted by atomic mass is 16.6. The van der Waals surface area contributed by atoms with Crippen LogP contribution in [0.2, 0.25) is 0 Å². The van der Waals surface area contributed by atoms with Crippen LogP contribution >= 0.6 is 0 Å². The van der Waals surface area contributed by atoms with Crippen molar-refractivity contribution in [3.63, 3.8) is 0 Å². The minimum atomic E-state index is -0.798. The van der Waals surface area contributed by atoms with Gasteiger partial charge in [0.05, 0.1) is 4.92 Å². The maximum Gasteiger partial charge on any atom is 0.313 e. The Bertz CT molecular complexity index is 526. The number of benzene rings is 1. The normalized spacial score (nSPS) is 10.3. The van der Waals surface area contributed by atoms with Crippen molar-refractivity contribution in [1.82, 2.24) is 10.2 Å². The van der Waals surface area contributed by atoms with E-state index in [2.05, 4.69) is 15.5 Å². The molecule has 1 aromatic rings. The number of nitro benzene ring substituents is 1. The molecule has 0 aliphatic heterocycles. The lowest BCUT2D eigenvalue weighted by Crippen LogP contribution is -2.40. The molecule has 2 amide bonds. The third-order valence-electron chi connectivity index (χ3n) is 3.15. The fourth-order valence-corrected chi connectivity index (χ4v) is 1.80. The largest absolute Gasteiger partial charge is 0.347 e. The standard InChI is InChI=1S/C14H20N4O4/c1-3-17(4-2)10-9-15-13(19)14(20)16-11-5-7-12(8-6-11)18(21)22/h5-8H,3-4,9-10H2,1-2H3,(H,15,19)(H,16,20). The van der Waals surface area contributed by atoms with Crippen LogP contribution in [0.15, 0.2) is 24.3 Å². The van der Waals surface area contributed by atoms with E-state index in [1.807, 2.05) is 13.8 Å². The van der Waals surface area contributed by atoms with Gasteiger partial charge in [0, 0.05) is 30.9 Å². The van der Waals surface area contributed by atoms with Crippen molar-refractivity contribution in [3.8, 4) is 0 Å². The maximum atomic E-state index is 11.7. The molecule has 1 rings (SSSR count). The lowest BCUT2D eigenvalue weighted by molar-refractivity contribution is -0.384. The Kier molecular flexibility index (Phi) is 6.97. The highest BCUT2D eigenvalue weighted by Crippen LogP contribution is 2.15. The zero-order valence-corrected chi connectivity index (χ0v) is 12.7. The number of non-ortho nitro benzene ring substituents is 1. The van der Waals surface area contributed by atoms with Crippen LogP contribution in [0.4, 0.5) is 11.4 Å². The number of carbonyl (C=O) groups is 2. The maximum absolute atomic E-state index is 11.7. The molecule has 0 atom stereocenters. The van der Waals surface area contributed by atoms with Gasteiger partial charge in [-0.2, -0.15) is 0 Å². The van der Waals surface area contributed by atoms with Gasteiger partial charge in [0.25, 0.3) is 5.69 Å². The molecule has 0 aromatic heterocycles. The number of rotatable bonds is 7. The molecule has 2 N–H and O–H groups in total. The number of nitrogens with zero attached hydrogens (tertiary/aromatic N) is 2. The summed E-state index contributed by atoms with van der Waals surface area (Å²) in [6.07, 6.45) is 0. The fraction of sp³-hybridized carbons (Fsp3) is 0.429. The third-order valence-corrected chi connectivity index (χ3v) is 3.15. The molecule has 0 spiro atoms. The summed E-state index contributed by atoms with van der Waals surface area (Å²) in [5, 5.41) is 15.4. The van der Waals surface area contributed by atoms with Crippen molar-refractivity contribution in [2.45, 2.75) is 13.8 Å². The van der Waals surface area contributed by atoms with E-state index in [1.165, 1.54) is 24.3 Å². The second-order valence-corrected chi connectivity index (χ2v) is 4.54. The van der Waals surface area contributed by atoms with Crippen LogP contribution in [0, 0.1) is 10.1 Å². The molecule has 0 saturated carbocycles. The number of hydrogen-bond donors (Lipinski definition) is 2. The van der Waals surface area contributed by atoms with Crippen molar-refractivity contribution in [1.29, 1.82) is 0 Å². The van der Waals surface area contributed by atoms with E-state index >= 15 is 0 Å². The number of hydrogen-bond acceptors (Lipinski definition) is 5. The molecule has 8 heteroatoms. The molecule has 8 nitrogen and oxygen atoms in total. The number of amides is 2. The van der Waals surface area contributed by atoms with Crippen LogP contribution in [0.25, 0.3) is 0 Å². The van der Waals surface area contributed by atoms with Crippen LogP contribution in [0.5, 0.6) is 0 Å². The minimum absolute atomic E-state index is 0.0818. The first-order valence-corrected chi connectivity index (χ1v) is 7.03. The summed E-state index contributed by atoms with van der Waals surface area (Å²) >= 11 is 0. The lowest BCUT2D eigenvalue weighted by Gasteiger charge is -2.17. The molecular weight excluding hydrogens is 288 g/mol. The SMILES string of the molecule is CCN(CC)CCNC(=O)C(=O)Nc1ccc([N+](=O)[O-])cc1. The fourth-order valence-electron chi connectivity index (χ4n) is 1.80. The molecule has 1 aromatic carbocycles. The second-order valence-electron chi connectivity index (χ2n) is 4.54. The molecule has 0 fully saturated rings. The Morgan fingerprint density at radius 2 is 1.73 bits per heavy atom. The molecular formula is C14H20N4O4. The quantitative estimate of drug-likeness (QED) is 0.444. The molecule has 22 heavy (non-hydrogen) atoms. The van der Waals surface area contributed by atoms with Gasteiger partial charge in [-0.1, -0.05) is 13.8 Å². The zero-order valence-electron chi connectivity index (χ0n) is 12.7. The van der Waals surface area contributed by atoms with Gasteiger partial charge in [-0.15, -0.1) is 0 Å². The molecule has 0 aliphatic rings. The number of anilines is 1. The third kappa shape index (κ3) is 5.49. The number of carbonyl (C=O) groups excluding carboxylic acids is 2. The highest BCUT2D eigenvalue weighted by Gasteiger charge is 2.14. The van der Waals surface area contributed by atoms with Crippen LogP contribution in [-0.2, 0) is 9.59 Å². The number of nitro groups is 1. The van der Waals surface area contributed by atoms with E-state index in [4.69, 9.17) is 0 Å². The monoisotopic (exact) mass is 308 g/mol. The van der Waals surface area contributed by atoms with E-state index in [1.54, 1.807) is 0 Å². The summed E-state index contributed by atoms with van der Waals surface area (Å²) in [4.78, 5) is 35.4. The van der Waals surface area contributed by atoms with Gasteiger partial charge in [-0.3, -0.25) is 19.7 Å². The summed E-state index contributed by atoms with van der Waals surface area (Å²) in [6, 6.07) is 5.26. The van der Waals surface area contributed by atoms with Crippen molar-refractivity contribution < 1.29 is 14.5 Å². The first kappa shape index (κ1) is 17.6. The van der Waals surface area contributed by atoms with Crippen LogP contribution in [0.3, 0.4) is 0 Å². The van der Waals surface area contributed by atoms with Crippen molar-refractivity contribution in [2.75, 3.05) is 31.5 Å². The van der Waals surface area contributed by atoms with Gasteiger partial charge < -0.3 is 15.5 Å². The van der Waals surface area contributed by atoms with Gasteiger partial charge in [0.15, 0.2) is 0 Å². The number of likely N-dealkylation sites (N-methyl/N-ethyl adjacent to an activating group) is 1. The van der Waals surface area contributed by atoms with Gasteiger partial charge in [-0.25, -0.2) is 0 Å². The summed E-state index contributed by atoms with van der Waals surface area (Å²) in [5.74, 6) is -1.53. The van der Waals surface area contributed by atoms with Gasteiger partial charge in [-0.05, 0) is 25.2 Å². The first-order chi connectivity index (χ1) is 10.5. The van der Waals surface area contributed by atoms with Crippen LogP contribution < -0.4 is 10.6 Å². The summed E-state index contributed by atoms with van der Waals surface area (Å²) in [7, 11) is 0. The summed E-state index contributed by atoms with van der Waals surface area (Å²) in [6.45, 7) is 6.85. The lowest BCUT2D eigenvalue weighted by atomic mass is 10.3. The van der Waals surface area contributed by atoms with Gasteiger partial charge in [0.2, 0.25) is 0 Å². The molecule has 0 radical (unpaired) electrons. The molecule has 0 bridgehead atoms. The average Bonchev–Trinajstić information content (AvgIpc) is 2.51. The predicted molar refractivity (Wildman–Crippen MR) is 82.5 cm³/mol. The highest BCUT2D eigenvalue weighted by molar-refractivity contribution is 6.39. The van der Waals surface area contributed by atoms with Crippen molar-refractivity contribution in [3.05, 3.63) is 34.4 Å². The Balaban J connectivity index is 2.43. The molecule has 0 unspecified atom stereocenters.